The van der Waals surface area contributed by atoms with Gasteiger partial charge in [-0.05, 0) is 60.9 Å². The summed E-state index contributed by atoms with van der Waals surface area (Å²) in [5, 5.41) is 0. The molecular weight excluding hydrogens is 301 g/mol. The third kappa shape index (κ3) is 3.48. The van der Waals surface area contributed by atoms with Crippen LogP contribution in [0.4, 0.5) is 4.39 Å². The van der Waals surface area contributed by atoms with Crippen molar-refractivity contribution in [1.82, 2.24) is 9.97 Å². The number of aromatic nitrogens is 2. The molecule has 2 atom stereocenters. The number of rotatable bonds is 5. The van der Waals surface area contributed by atoms with Crippen molar-refractivity contribution in [2.75, 3.05) is 0 Å². The van der Waals surface area contributed by atoms with Crippen LogP contribution in [0, 0.1) is 18.7 Å². The highest BCUT2D eigenvalue weighted by Gasteiger charge is 2.40. The number of hydrogen-bond donors (Lipinski definition) is 0. The summed E-state index contributed by atoms with van der Waals surface area (Å²) >= 11 is 0. The van der Waals surface area contributed by atoms with Crippen molar-refractivity contribution >= 4 is 5.71 Å². The first-order valence-corrected chi connectivity index (χ1v) is 8.00. The van der Waals surface area contributed by atoms with E-state index in [1.807, 2.05) is 31.3 Å². The van der Waals surface area contributed by atoms with E-state index in [2.05, 4.69) is 21.5 Å². The van der Waals surface area contributed by atoms with Crippen molar-refractivity contribution in [2.45, 2.75) is 26.2 Å². The lowest BCUT2D eigenvalue weighted by Gasteiger charge is -2.04. The fourth-order valence-electron chi connectivity index (χ4n) is 2.85. The number of aliphatic imine (C=N–C) groups is 1. The van der Waals surface area contributed by atoms with E-state index in [9.17, 15) is 4.39 Å². The van der Waals surface area contributed by atoms with Crippen molar-refractivity contribution < 1.29 is 4.39 Å². The minimum atomic E-state index is -0.154. The molecule has 122 valence electrons. The third-order valence-electron chi connectivity index (χ3n) is 4.36. The van der Waals surface area contributed by atoms with Crippen LogP contribution in [0.5, 0.6) is 0 Å². The summed E-state index contributed by atoms with van der Waals surface area (Å²) in [5.74, 6) is 1.27. The van der Waals surface area contributed by atoms with E-state index in [-0.39, 0.29) is 5.82 Å². The highest BCUT2D eigenvalue weighted by Crippen LogP contribution is 2.52. The Morgan fingerprint density at radius 3 is 2.75 bits per heavy atom. The first-order valence-electron chi connectivity index (χ1n) is 8.00. The number of hydrogen-bond acceptors (Lipinski definition) is 3. The predicted molar refractivity (Wildman–Crippen MR) is 94.5 cm³/mol. The summed E-state index contributed by atoms with van der Waals surface area (Å²) in [6, 6.07) is 7.14. The van der Waals surface area contributed by atoms with Gasteiger partial charge in [-0.1, -0.05) is 24.8 Å². The molecule has 0 aliphatic heterocycles. The lowest BCUT2D eigenvalue weighted by Crippen LogP contribution is -2.00. The largest absolute Gasteiger partial charge is 0.257 e. The third-order valence-corrected chi connectivity index (χ3v) is 4.36. The number of aryl methyl sites for hydroxylation is 1. The molecule has 1 fully saturated rings. The van der Waals surface area contributed by atoms with Crippen molar-refractivity contribution in [1.29, 1.82) is 0 Å². The zero-order valence-corrected chi connectivity index (χ0v) is 13.9. The molecule has 1 heterocycles. The van der Waals surface area contributed by atoms with Crippen molar-refractivity contribution in [3.63, 3.8) is 0 Å². The van der Waals surface area contributed by atoms with Crippen LogP contribution in [-0.4, -0.2) is 15.7 Å². The van der Waals surface area contributed by atoms with E-state index in [0.29, 0.717) is 23.2 Å². The Morgan fingerprint density at radius 1 is 1.33 bits per heavy atom. The van der Waals surface area contributed by atoms with E-state index < -0.39 is 0 Å². The van der Waals surface area contributed by atoms with Gasteiger partial charge in [0.05, 0.1) is 5.71 Å². The summed E-state index contributed by atoms with van der Waals surface area (Å²) in [5.41, 5.74) is 3.73. The molecule has 0 N–H and O–H groups in total. The molecule has 0 radical (unpaired) electrons. The minimum absolute atomic E-state index is 0.154. The highest BCUT2D eigenvalue weighted by molar-refractivity contribution is 5.95. The van der Waals surface area contributed by atoms with Crippen molar-refractivity contribution in [3.8, 4) is 0 Å². The first-order chi connectivity index (χ1) is 11.6. The van der Waals surface area contributed by atoms with Crippen molar-refractivity contribution in [2.24, 2.45) is 10.9 Å². The average molecular weight is 321 g/mol. The molecular formula is C20H20FN3. The van der Waals surface area contributed by atoms with Crippen LogP contribution in [0.2, 0.25) is 0 Å². The molecule has 2 unspecified atom stereocenters. The van der Waals surface area contributed by atoms with Crippen molar-refractivity contribution in [3.05, 3.63) is 83.9 Å². The van der Waals surface area contributed by atoms with Gasteiger partial charge in [-0.15, -0.1) is 0 Å². The molecule has 3 nitrogen and oxygen atoms in total. The van der Waals surface area contributed by atoms with Gasteiger partial charge < -0.3 is 0 Å². The summed E-state index contributed by atoms with van der Waals surface area (Å²) in [4.78, 5) is 12.9. The minimum Gasteiger partial charge on any atom is -0.257 e. The number of allylic oxidation sites excluding steroid dienone is 2. The maximum atomic E-state index is 13.4. The van der Waals surface area contributed by atoms with Crippen LogP contribution in [0.3, 0.4) is 0 Å². The van der Waals surface area contributed by atoms with Crippen LogP contribution in [0.25, 0.3) is 0 Å². The SMILES string of the molecule is C=C/C(=C\N=C(C)c1ncccn1)C1CC1c1ccc(F)c(C)c1. The second-order valence-electron chi connectivity index (χ2n) is 6.08. The van der Waals surface area contributed by atoms with Gasteiger partial charge in [-0.25, -0.2) is 14.4 Å². The molecule has 0 spiro atoms. The Bertz CT molecular complexity index is 809. The number of nitrogens with zero attached hydrogens (tertiary/aromatic N) is 3. The molecule has 1 aromatic heterocycles. The molecule has 1 saturated carbocycles. The van der Waals surface area contributed by atoms with Gasteiger partial charge in [0.25, 0.3) is 0 Å². The van der Waals surface area contributed by atoms with Gasteiger partial charge in [0, 0.05) is 18.6 Å². The van der Waals surface area contributed by atoms with Crippen LogP contribution < -0.4 is 0 Å². The lowest BCUT2D eigenvalue weighted by molar-refractivity contribution is 0.617. The monoisotopic (exact) mass is 321 g/mol. The van der Waals surface area contributed by atoms with Crippen LogP contribution in [0.1, 0.15) is 36.2 Å². The molecule has 1 aromatic carbocycles. The Morgan fingerprint density at radius 2 is 2.08 bits per heavy atom. The van der Waals surface area contributed by atoms with Crippen LogP contribution in [0.15, 0.2) is 66.1 Å². The van der Waals surface area contributed by atoms with Crippen LogP contribution in [-0.2, 0) is 0 Å². The molecule has 3 rings (SSSR count). The summed E-state index contributed by atoms with van der Waals surface area (Å²) in [7, 11) is 0. The maximum absolute atomic E-state index is 13.4. The Kier molecular flexibility index (Phi) is 4.65. The molecule has 24 heavy (non-hydrogen) atoms. The molecule has 0 saturated heterocycles. The van der Waals surface area contributed by atoms with E-state index >= 15 is 0 Å². The Balaban J connectivity index is 1.76. The van der Waals surface area contributed by atoms with E-state index in [1.165, 1.54) is 5.56 Å². The van der Waals surface area contributed by atoms with Gasteiger partial charge in [0.1, 0.15) is 5.82 Å². The van der Waals surface area contributed by atoms with E-state index in [1.54, 1.807) is 31.5 Å². The molecule has 2 aromatic rings. The topological polar surface area (TPSA) is 38.1 Å². The van der Waals surface area contributed by atoms with E-state index in [4.69, 9.17) is 0 Å². The number of halogens is 1. The first kappa shape index (κ1) is 16.2. The van der Waals surface area contributed by atoms with Gasteiger partial charge in [0.15, 0.2) is 5.82 Å². The zero-order valence-electron chi connectivity index (χ0n) is 13.9. The zero-order chi connectivity index (χ0) is 17.1. The smallest absolute Gasteiger partial charge is 0.173 e. The van der Waals surface area contributed by atoms with Gasteiger partial charge >= 0.3 is 0 Å². The van der Waals surface area contributed by atoms with Gasteiger partial charge in [-0.2, -0.15) is 0 Å². The lowest BCUT2D eigenvalue weighted by atomic mass is 10.0. The highest BCUT2D eigenvalue weighted by atomic mass is 19.1. The molecule has 4 heteroatoms. The summed E-state index contributed by atoms with van der Waals surface area (Å²) in [6.07, 6.45) is 8.14. The molecule has 0 bridgehead atoms. The average Bonchev–Trinajstić information content (AvgIpc) is 3.39. The second kappa shape index (κ2) is 6.87. The second-order valence-corrected chi connectivity index (χ2v) is 6.08. The van der Waals surface area contributed by atoms with Crippen LogP contribution >= 0.6 is 0 Å². The summed E-state index contributed by atoms with van der Waals surface area (Å²) in [6.45, 7) is 7.59. The molecule has 1 aliphatic carbocycles. The fourth-order valence-corrected chi connectivity index (χ4v) is 2.85. The predicted octanol–water partition coefficient (Wildman–Crippen LogP) is 4.61. The fraction of sp³-hybridized carbons (Fsp3) is 0.250. The van der Waals surface area contributed by atoms with E-state index in [0.717, 1.165) is 17.7 Å². The molecule has 1 aliphatic rings. The quantitative estimate of drug-likeness (QED) is 0.596. The Labute approximate surface area is 141 Å². The normalized spacial score (nSPS) is 20.8. The van der Waals surface area contributed by atoms with Gasteiger partial charge in [0.2, 0.25) is 0 Å². The maximum Gasteiger partial charge on any atom is 0.173 e. The number of benzene rings is 1. The molecule has 0 amide bonds. The Hall–Kier alpha value is -2.62. The van der Waals surface area contributed by atoms with Gasteiger partial charge in [-0.3, -0.25) is 4.99 Å². The standard InChI is InChI=1S/C20H20FN3/c1-4-15(12-24-14(3)20-22-8-5-9-23-20)17-11-18(17)16-6-7-19(21)13(2)10-16/h4-10,12,17-18H,1,11H2,2-3H3/b15-12+,24-14?. The summed E-state index contributed by atoms with van der Waals surface area (Å²) < 4.78 is 13.4.